The van der Waals surface area contributed by atoms with E-state index < -0.39 is 16.7 Å². The maximum absolute atomic E-state index is 12.6. The average Bonchev–Trinajstić information content (AvgIpc) is 2.65. The maximum atomic E-state index is 12.6. The third kappa shape index (κ3) is 8.05. The summed E-state index contributed by atoms with van der Waals surface area (Å²) in [5.74, 6) is -0.342. The molecule has 1 N–H and O–H groups in total. The number of aliphatic hydroxyl groups excluding tert-OH is 1. The number of ketones is 1. The van der Waals surface area contributed by atoms with Crippen LogP contribution in [0.3, 0.4) is 0 Å². The molecule has 0 aromatic carbocycles. The number of halogens is 1. The smallest absolute Gasteiger partial charge is 0.149 e. The molecule has 0 saturated heterocycles. The minimum absolute atomic E-state index is 0.0106. The molecule has 0 saturated carbocycles. The van der Waals surface area contributed by atoms with E-state index in [1.807, 2.05) is 27.7 Å². The van der Waals surface area contributed by atoms with Gasteiger partial charge in [0.2, 0.25) is 0 Å². The van der Waals surface area contributed by atoms with Crippen molar-refractivity contribution in [3.63, 3.8) is 0 Å². The lowest BCUT2D eigenvalue weighted by Crippen LogP contribution is -2.33. The molecular formula is C20H32ClNO5S. The van der Waals surface area contributed by atoms with Crippen molar-refractivity contribution in [1.29, 1.82) is 0 Å². The summed E-state index contributed by atoms with van der Waals surface area (Å²) in [6.07, 6.45) is 4.61. The molecule has 0 fully saturated rings. The van der Waals surface area contributed by atoms with E-state index in [9.17, 15) is 14.1 Å². The number of rotatable bonds is 12. The molecule has 5 unspecified atom stereocenters. The fourth-order valence-electron chi connectivity index (χ4n) is 3.11. The van der Waals surface area contributed by atoms with Crippen LogP contribution in [-0.2, 0) is 25.2 Å². The van der Waals surface area contributed by atoms with Crippen LogP contribution in [0.5, 0.6) is 0 Å². The van der Waals surface area contributed by atoms with Crippen LogP contribution in [0.2, 0.25) is 0 Å². The molecule has 1 aliphatic rings. The molecule has 0 aromatic rings. The normalized spacial score (nSPS) is 24.1. The van der Waals surface area contributed by atoms with Gasteiger partial charge in [0.15, 0.2) is 0 Å². The van der Waals surface area contributed by atoms with Gasteiger partial charge >= 0.3 is 0 Å². The van der Waals surface area contributed by atoms with Crippen molar-refractivity contribution in [1.82, 2.24) is 0 Å². The molecule has 0 radical (unpaired) electrons. The molecule has 28 heavy (non-hydrogen) atoms. The lowest BCUT2D eigenvalue weighted by Gasteiger charge is -2.26. The van der Waals surface area contributed by atoms with Gasteiger partial charge in [-0.2, -0.15) is 0 Å². The van der Waals surface area contributed by atoms with Crippen molar-refractivity contribution in [3.05, 3.63) is 23.4 Å². The molecule has 0 spiro atoms. The van der Waals surface area contributed by atoms with Crippen molar-refractivity contribution in [2.45, 2.75) is 58.3 Å². The minimum atomic E-state index is -0.917. The summed E-state index contributed by atoms with van der Waals surface area (Å²) in [6.45, 7) is 8.12. The Morgan fingerprint density at radius 2 is 2.18 bits per heavy atom. The largest absolute Gasteiger partial charge is 0.511 e. The fraction of sp³-hybridized carbons (Fsp3) is 0.700. The number of carbonyl (C=O) groups excluding carboxylic acids is 1. The summed E-state index contributed by atoms with van der Waals surface area (Å²) in [4.78, 5) is 18.0. The van der Waals surface area contributed by atoms with Crippen molar-refractivity contribution < 1.29 is 23.7 Å². The Morgan fingerprint density at radius 1 is 1.46 bits per heavy atom. The summed E-state index contributed by atoms with van der Waals surface area (Å²) < 4.78 is 17.4. The second kappa shape index (κ2) is 13.1. The molecule has 0 amide bonds. The van der Waals surface area contributed by atoms with Crippen molar-refractivity contribution >= 4 is 33.9 Å². The van der Waals surface area contributed by atoms with Gasteiger partial charge in [0, 0.05) is 33.8 Å². The van der Waals surface area contributed by atoms with Crippen molar-refractivity contribution in [2.24, 2.45) is 17.0 Å². The number of carbonyl (C=O) groups is 1. The topological polar surface area (TPSA) is 85.2 Å². The zero-order valence-corrected chi connectivity index (χ0v) is 18.7. The Morgan fingerprint density at radius 3 is 2.75 bits per heavy atom. The highest BCUT2D eigenvalue weighted by Gasteiger charge is 2.34. The maximum Gasteiger partial charge on any atom is 0.149 e. The van der Waals surface area contributed by atoms with Crippen LogP contribution >= 0.6 is 11.6 Å². The summed E-state index contributed by atoms with van der Waals surface area (Å²) in [5, 5.41) is 14.5. The third-order valence-corrected chi connectivity index (χ3v) is 6.45. The number of hydrogen-bond donors (Lipinski definition) is 1. The van der Waals surface area contributed by atoms with Crippen molar-refractivity contribution in [3.8, 4) is 0 Å². The molecule has 0 aromatic heterocycles. The third-order valence-electron chi connectivity index (χ3n) is 4.61. The van der Waals surface area contributed by atoms with E-state index in [2.05, 4.69) is 5.16 Å². The first kappa shape index (κ1) is 24.9. The molecule has 160 valence electrons. The first-order valence-corrected chi connectivity index (χ1v) is 11.5. The molecule has 0 heterocycles. The van der Waals surface area contributed by atoms with Crippen LogP contribution in [0.25, 0.3) is 0 Å². The van der Waals surface area contributed by atoms with Gasteiger partial charge in [-0.1, -0.05) is 37.5 Å². The Labute approximate surface area is 175 Å². The molecule has 5 atom stereocenters. The van der Waals surface area contributed by atoms with Crippen LogP contribution in [0.15, 0.2) is 28.6 Å². The Balaban J connectivity index is 2.71. The Hall–Kier alpha value is -1.18. The number of nitrogens with zero attached hydrogens (tertiary/aromatic N) is 1. The van der Waals surface area contributed by atoms with Crippen LogP contribution in [0, 0.1) is 11.8 Å². The lowest BCUT2D eigenvalue weighted by atomic mass is 9.81. The first-order chi connectivity index (χ1) is 13.3. The van der Waals surface area contributed by atoms with E-state index in [4.69, 9.17) is 21.2 Å². The zero-order chi connectivity index (χ0) is 21.1. The molecule has 1 rings (SSSR count). The zero-order valence-electron chi connectivity index (χ0n) is 17.1. The van der Waals surface area contributed by atoms with E-state index >= 15 is 0 Å². The lowest BCUT2D eigenvalue weighted by molar-refractivity contribution is -0.122. The number of aliphatic hydroxyl groups is 1. The molecule has 6 nitrogen and oxygen atoms in total. The second-order valence-corrected chi connectivity index (χ2v) is 9.30. The summed E-state index contributed by atoms with van der Waals surface area (Å²) in [7, 11) is -0.917. The van der Waals surface area contributed by atoms with Crippen LogP contribution in [-0.4, -0.2) is 51.1 Å². The predicted octanol–water partition coefficient (Wildman–Crippen LogP) is 4.12. The summed E-state index contributed by atoms with van der Waals surface area (Å²) in [6, 6.07) is 0. The van der Waals surface area contributed by atoms with Crippen LogP contribution in [0.4, 0.5) is 0 Å². The number of ether oxygens (including phenoxy) is 1. The summed E-state index contributed by atoms with van der Waals surface area (Å²) >= 11 is 5.43. The van der Waals surface area contributed by atoms with E-state index in [-0.39, 0.29) is 35.4 Å². The highest BCUT2D eigenvalue weighted by Crippen LogP contribution is 2.30. The molecular weight excluding hydrogens is 402 g/mol. The van der Waals surface area contributed by atoms with Gasteiger partial charge in [-0.25, -0.2) is 0 Å². The van der Waals surface area contributed by atoms with Gasteiger partial charge in [0.1, 0.15) is 24.1 Å². The number of allylic oxidation sites excluding steroid dienone is 2. The number of hydrogen-bond acceptors (Lipinski definition) is 6. The van der Waals surface area contributed by atoms with Crippen LogP contribution < -0.4 is 0 Å². The van der Waals surface area contributed by atoms with Gasteiger partial charge in [0.05, 0.1) is 18.4 Å². The first-order valence-electron chi connectivity index (χ1n) is 9.69. The van der Waals surface area contributed by atoms with Gasteiger partial charge < -0.3 is 14.7 Å². The predicted molar refractivity (Wildman–Crippen MR) is 114 cm³/mol. The molecule has 0 bridgehead atoms. The van der Waals surface area contributed by atoms with E-state index in [1.165, 1.54) is 5.54 Å². The van der Waals surface area contributed by atoms with E-state index in [0.717, 1.165) is 0 Å². The fourth-order valence-corrected chi connectivity index (χ4v) is 4.22. The minimum Gasteiger partial charge on any atom is -0.511 e. The van der Waals surface area contributed by atoms with Crippen molar-refractivity contribution in [2.75, 3.05) is 19.0 Å². The summed E-state index contributed by atoms with van der Waals surface area (Å²) in [5.41, 5.74) is 1.88. The molecule has 0 aliphatic heterocycles. The van der Waals surface area contributed by atoms with Gasteiger partial charge in [0.25, 0.3) is 0 Å². The highest BCUT2D eigenvalue weighted by atomic mass is 35.5. The molecule has 1 aliphatic carbocycles. The van der Waals surface area contributed by atoms with Crippen LogP contribution in [0.1, 0.15) is 47.0 Å². The number of Topliss-reactive ketones (excluding diaryl/α,β-unsaturated/α-hetero) is 1. The second-order valence-electron chi connectivity index (χ2n) is 6.91. The highest BCUT2D eigenvalue weighted by molar-refractivity contribution is 7.85. The van der Waals surface area contributed by atoms with Gasteiger partial charge in [-0.05, 0) is 37.8 Å². The van der Waals surface area contributed by atoms with Gasteiger partial charge in [-0.3, -0.25) is 9.00 Å². The SMILES string of the molecule is CCC(=NOCC(C)OCC=CCl)C1C(=O)CC(CC(C)S(=O)CC)C=C1O. The van der Waals surface area contributed by atoms with E-state index in [0.29, 0.717) is 37.3 Å². The quantitative estimate of drug-likeness (QED) is 0.369. The van der Waals surface area contributed by atoms with Gasteiger partial charge in [-0.15, -0.1) is 0 Å². The monoisotopic (exact) mass is 433 g/mol. The Bertz CT molecular complexity index is 620. The average molecular weight is 434 g/mol. The molecule has 8 heteroatoms. The number of oxime groups is 1. The Kier molecular flexibility index (Phi) is 11.6. The standard InChI is InChI=1S/C20H32ClNO5S/c1-5-17(22-27-13-14(3)26-9-7-8-21)20-18(23)11-16(12-19(20)24)10-15(4)28(25)6-2/h7-8,11,14-16,20,23H,5-6,9-10,12-13H2,1-4H3. The van der Waals surface area contributed by atoms with E-state index in [1.54, 1.807) is 12.2 Å².